The molecule has 2 aromatic rings. The average Bonchev–Trinajstić information content (AvgIpc) is 3.92. The number of sulfone groups is 3. The molecule has 2 unspecified atom stereocenters. The van der Waals surface area contributed by atoms with Crippen LogP contribution in [0, 0.1) is 11.8 Å². The molecule has 0 saturated carbocycles. The summed E-state index contributed by atoms with van der Waals surface area (Å²) in [6.45, 7) is 16.9. The summed E-state index contributed by atoms with van der Waals surface area (Å²) >= 11 is 5.14. The molecular weight excluding hydrogens is 966 g/mol. The van der Waals surface area contributed by atoms with Crippen molar-refractivity contribution in [2.24, 2.45) is 11.8 Å². The maximum Gasteiger partial charge on any atom is 0.320 e. The highest BCUT2D eigenvalue weighted by Crippen LogP contribution is 2.27. The Labute approximate surface area is 399 Å². The molecule has 4 N–H and O–H groups in total. The maximum atomic E-state index is 12.7. The van der Waals surface area contributed by atoms with Crippen LogP contribution in [0.15, 0.2) is 21.2 Å². The molecule has 7 rings (SSSR count). The number of halogens is 2. The average molecular weight is 1030 g/mol. The number of carbonyl (C=O) groups is 4. The largest absolute Gasteiger partial charge is 0.359 e. The monoisotopic (exact) mass is 1030 g/mol. The van der Waals surface area contributed by atoms with E-state index in [0.717, 1.165) is 38.1 Å². The van der Waals surface area contributed by atoms with Crippen molar-refractivity contribution in [3.8, 4) is 0 Å². The zero-order valence-electron chi connectivity index (χ0n) is 38.6. The van der Waals surface area contributed by atoms with Gasteiger partial charge in [-0.05, 0) is 43.8 Å². The molecule has 5 aliphatic rings. The molecule has 2 atom stereocenters. The third kappa shape index (κ3) is 18.9. The number of carbonyl (C=O) groups excluding carboxylic acids is 4. The van der Waals surface area contributed by atoms with Crippen molar-refractivity contribution in [2.45, 2.75) is 78.1 Å². The lowest BCUT2D eigenvalue weighted by molar-refractivity contribution is -0.121. The van der Waals surface area contributed by atoms with Gasteiger partial charge in [0, 0.05) is 81.9 Å². The summed E-state index contributed by atoms with van der Waals surface area (Å²) in [6, 6.07) is 3.33. The summed E-state index contributed by atoms with van der Waals surface area (Å²) in [7, 11) is -8.59. The van der Waals surface area contributed by atoms with E-state index < -0.39 is 34.9 Å². The minimum Gasteiger partial charge on any atom is -0.359 e. The Kier molecular flexibility index (Phi) is 21.2. The SMILES string of the molecule is CC(C)(C)c1cc(NC(=O)C2CCCN(C(=O)N3CCS(=O)(=O)CC3)C2)no1.CC(C)(C)c1cc(NC(=O)C2CCCNC2)no1.Cl.O=C(Cl)N1CCS(=O)(=O)CC1.O=S1(=O)CCNCC1. The van der Waals surface area contributed by atoms with Crippen molar-refractivity contribution in [1.29, 1.82) is 0 Å². The fourth-order valence-corrected chi connectivity index (χ4v) is 10.6. The Balaban J connectivity index is 0.000000259. The van der Waals surface area contributed by atoms with Crippen LogP contribution in [0.25, 0.3) is 0 Å². The van der Waals surface area contributed by atoms with E-state index >= 15 is 0 Å². The van der Waals surface area contributed by atoms with Crippen LogP contribution >= 0.6 is 24.0 Å². The predicted octanol–water partition coefficient (Wildman–Crippen LogP) is 2.89. The Morgan fingerprint density at radius 2 is 1.06 bits per heavy atom. The fraction of sp³-hybridized carbons (Fsp3) is 0.750. The topological polar surface area (TPSA) is 281 Å². The summed E-state index contributed by atoms with van der Waals surface area (Å²) in [6.07, 6.45) is 3.39. The standard InChI is InChI=1S/C18H28N4O5S.C13H21N3O2.C5H8ClNO3S.C4H9NO2S.ClH/c1-18(2,3)14-11-15(20-27-14)19-16(23)13-5-4-6-22(12-13)17(24)21-7-9-28(25,26)10-8-21;1-13(2,3)10-7-11(16-18-10)15-12(17)9-5-4-6-14-8-9;6-5(8)7-1-3-11(9,10)4-2-7;6-8(7)3-1-5-2-4-8;/h11,13H,4-10,12H2,1-3H3,(H,19,20,23);7,9,14H,4-6,8H2,1-3H3,(H,15,16,17);1-4H2;5H,1-4H2;1H. The van der Waals surface area contributed by atoms with Crippen LogP contribution in [0.4, 0.5) is 21.2 Å². The number of hydrogen-bond donors (Lipinski definition) is 4. The smallest absolute Gasteiger partial charge is 0.320 e. The van der Waals surface area contributed by atoms with Gasteiger partial charge >= 0.3 is 11.4 Å². The Morgan fingerprint density at radius 3 is 1.45 bits per heavy atom. The molecule has 2 aromatic heterocycles. The van der Waals surface area contributed by atoms with Crippen LogP contribution in [0.3, 0.4) is 0 Å². The lowest BCUT2D eigenvalue weighted by Crippen LogP contribution is -2.53. The van der Waals surface area contributed by atoms with E-state index in [0.29, 0.717) is 61.5 Å². The third-order valence-electron chi connectivity index (χ3n) is 11.1. The molecule has 0 radical (unpaired) electrons. The molecule has 0 aliphatic carbocycles. The molecule has 0 spiro atoms. The van der Waals surface area contributed by atoms with E-state index in [-0.39, 0.29) is 102 Å². The number of likely N-dealkylation sites (tertiary alicyclic amines) is 1. The zero-order valence-corrected chi connectivity index (χ0v) is 42.6. The Morgan fingerprint density at radius 1 is 0.621 bits per heavy atom. The molecule has 376 valence electrons. The lowest BCUT2D eigenvalue weighted by atomic mass is 9.93. The number of nitrogens with one attached hydrogen (secondary N) is 4. The highest BCUT2D eigenvalue weighted by atomic mass is 35.5. The van der Waals surface area contributed by atoms with Crippen molar-refractivity contribution in [3.05, 3.63) is 23.7 Å². The minimum absolute atomic E-state index is 0. The molecule has 21 nitrogen and oxygen atoms in total. The first-order valence-electron chi connectivity index (χ1n) is 21.8. The minimum atomic E-state index is -3.04. The second-order valence-electron chi connectivity index (χ2n) is 18.7. The molecular formula is C40H67Cl2N9O12S3. The first kappa shape index (κ1) is 56.8. The van der Waals surface area contributed by atoms with Crippen LogP contribution in [-0.4, -0.2) is 173 Å². The van der Waals surface area contributed by atoms with Gasteiger partial charge in [-0.1, -0.05) is 51.9 Å². The van der Waals surface area contributed by atoms with Crippen LogP contribution in [-0.2, 0) is 49.9 Å². The van der Waals surface area contributed by atoms with Gasteiger partial charge < -0.3 is 45.0 Å². The zero-order chi connectivity index (χ0) is 48.2. The molecule has 0 aromatic carbocycles. The number of nitrogens with zero attached hydrogens (tertiary/aromatic N) is 5. The van der Waals surface area contributed by atoms with E-state index in [2.05, 4.69) is 31.6 Å². The molecule has 5 fully saturated rings. The van der Waals surface area contributed by atoms with Crippen LogP contribution in [0.1, 0.15) is 78.7 Å². The van der Waals surface area contributed by atoms with Gasteiger partial charge in [-0.15, -0.1) is 12.4 Å². The van der Waals surface area contributed by atoms with E-state index in [1.165, 1.54) is 4.90 Å². The summed E-state index contributed by atoms with van der Waals surface area (Å²) in [5, 5.41) is 19.0. The van der Waals surface area contributed by atoms with Gasteiger partial charge in [0.25, 0.3) is 0 Å². The Hall–Kier alpha value is -3.55. The van der Waals surface area contributed by atoms with E-state index in [1.54, 1.807) is 21.9 Å². The molecule has 5 saturated heterocycles. The maximum absolute atomic E-state index is 12.7. The molecule has 5 aliphatic heterocycles. The second kappa shape index (κ2) is 24.6. The van der Waals surface area contributed by atoms with Gasteiger partial charge in [0.1, 0.15) is 11.5 Å². The number of rotatable bonds is 4. The molecule has 7 heterocycles. The van der Waals surface area contributed by atoms with Gasteiger partial charge in [-0.25, -0.2) is 30.0 Å². The van der Waals surface area contributed by atoms with E-state index in [1.807, 2.05) is 41.5 Å². The number of hydrogen-bond acceptors (Lipinski definition) is 16. The van der Waals surface area contributed by atoms with Gasteiger partial charge in [0.15, 0.2) is 41.1 Å². The van der Waals surface area contributed by atoms with Gasteiger partial charge in [-0.3, -0.25) is 14.4 Å². The third-order valence-corrected chi connectivity index (χ3v) is 16.2. The summed E-state index contributed by atoms with van der Waals surface area (Å²) in [5.41, 5.74) is -0.297. The fourth-order valence-electron chi connectivity index (χ4n) is 6.95. The van der Waals surface area contributed by atoms with E-state index in [4.69, 9.17) is 20.6 Å². The number of piperidine rings is 2. The van der Waals surface area contributed by atoms with E-state index in [9.17, 15) is 44.4 Å². The van der Waals surface area contributed by atoms with Crippen molar-refractivity contribution >= 4 is 88.4 Å². The van der Waals surface area contributed by atoms with Crippen LogP contribution < -0.4 is 21.3 Å². The molecule has 66 heavy (non-hydrogen) atoms. The normalized spacial score (nSPS) is 22.5. The lowest BCUT2D eigenvalue weighted by Gasteiger charge is -2.37. The van der Waals surface area contributed by atoms with Gasteiger partial charge in [-0.2, -0.15) is 0 Å². The number of anilines is 2. The molecule has 5 amide bonds. The summed E-state index contributed by atoms with van der Waals surface area (Å²) < 4.78 is 76.5. The quantitative estimate of drug-likeness (QED) is 0.253. The highest BCUT2D eigenvalue weighted by Gasteiger charge is 2.34. The number of urea groups is 1. The summed E-state index contributed by atoms with van der Waals surface area (Å²) in [4.78, 5) is 52.4. The molecule has 26 heteroatoms. The predicted molar refractivity (Wildman–Crippen MR) is 253 cm³/mol. The summed E-state index contributed by atoms with van der Waals surface area (Å²) in [5.74, 6) is 2.57. The number of aromatic nitrogens is 2. The van der Waals surface area contributed by atoms with Gasteiger partial charge in [0.05, 0.1) is 46.4 Å². The number of amides is 5. The van der Waals surface area contributed by atoms with Crippen molar-refractivity contribution in [1.82, 2.24) is 35.6 Å². The van der Waals surface area contributed by atoms with Crippen molar-refractivity contribution < 1.29 is 53.5 Å². The Bertz CT molecular complexity index is 2230. The first-order valence-corrected chi connectivity index (χ1v) is 27.6. The van der Waals surface area contributed by atoms with Crippen molar-refractivity contribution in [3.63, 3.8) is 0 Å². The van der Waals surface area contributed by atoms with Crippen molar-refractivity contribution in [2.75, 3.05) is 111 Å². The highest BCUT2D eigenvalue weighted by molar-refractivity contribution is 7.92. The van der Waals surface area contributed by atoms with Crippen LogP contribution in [0.2, 0.25) is 0 Å². The van der Waals surface area contributed by atoms with Crippen LogP contribution in [0.5, 0.6) is 0 Å². The second-order valence-corrected chi connectivity index (χ2v) is 25.9. The first-order chi connectivity index (χ1) is 30.2. The molecule has 0 bridgehead atoms. The van der Waals surface area contributed by atoms with Gasteiger partial charge in [0.2, 0.25) is 11.8 Å².